The lowest BCUT2D eigenvalue weighted by molar-refractivity contribution is -0.120. The third-order valence-corrected chi connectivity index (χ3v) is 1.88. The predicted octanol–water partition coefficient (Wildman–Crippen LogP) is 2.54. The van der Waals surface area contributed by atoms with E-state index in [2.05, 4.69) is 0 Å². The van der Waals surface area contributed by atoms with Gasteiger partial charge in [0.15, 0.2) is 0 Å². The van der Waals surface area contributed by atoms with Crippen molar-refractivity contribution in [1.82, 2.24) is 0 Å². The number of hydrogen-bond acceptors (Lipinski definition) is 2. The molecule has 0 fully saturated rings. The summed E-state index contributed by atoms with van der Waals surface area (Å²) in [6, 6.07) is 0. The van der Waals surface area contributed by atoms with Gasteiger partial charge in [0, 0.05) is 12.8 Å². The van der Waals surface area contributed by atoms with Crippen LogP contribution in [0.1, 0.15) is 53.4 Å². The van der Waals surface area contributed by atoms with E-state index in [1.54, 1.807) is 13.8 Å². The summed E-state index contributed by atoms with van der Waals surface area (Å²) in [6.45, 7) is 7.65. The predicted molar refractivity (Wildman–Crippen MR) is 54.6 cm³/mol. The van der Waals surface area contributed by atoms with Crippen molar-refractivity contribution in [3.05, 3.63) is 0 Å². The maximum absolute atomic E-state index is 11.3. The Morgan fingerprint density at radius 1 is 1.38 bits per heavy atom. The minimum absolute atomic E-state index is 0.319. The van der Waals surface area contributed by atoms with Crippen molar-refractivity contribution in [1.29, 1.82) is 0 Å². The summed E-state index contributed by atoms with van der Waals surface area (Å²) in [5.74, 6) is 0.772. The molecule has 0 rings (SSSR count). The standard InChI is InChI=1S/C11H22O2/c1-9(2)8-10(12)6-5-7-11(3,4)13/h9,13H,5-8H2,1-4H3. The van der Waals surface area contributed by atoms with Crippen LogP contribution in [0, 0.1) is 5.92 Å². The van der Waals surface area contributed by atoms with Crippen molar-refractivity contribution in [3.63, 3.8) is 0 Å². The van der Waals surface area contributed by atoms with Gasteiger partial charge in [0.05, 0.1) is 5.60 Å². The average Bonchev–Trinajstić information content (AvgIpc) is 1.81. The Labute approximate surface area is 81.3 Å². The van der Waals surface area contributed by atoms with Crippen molar-refractivity contribution < 1.29 is 9.90 Å². The van der Waals surface area contributed by atoms with Gasteiger partial charge in [0.25, 0.3) is 0 Å². The maximum atomic E-state index is 11.3. The first-order valence-corrected chi connectivity index (χ1v) is 5.05. The van der Waals surface area contributed by atoms with Crippen LogP contribution in [-0.2, 0) is 4.79 Å². The molecule has 0 saturated carbocycles. The molecule has 78 valence electrons. The highest BCUT2D eigenvalue weighted by atomic mass is 16.3. The largest absolute Gasteiger partial charge is 0.390 e. The zero-order valence-corrected chi connectivity index (χ0v) is 9.26. The smallest absolute Gasteiger partial charge is 0.133 e. The second-order valence-corrected chi connectivity index (χ2v) is 4.80. The molecular weight excluding hydrogens is 164 g/mol. The van der Waals surface area contributed by atoms with Gasteiger partial charge in [-0.25, -0.2) is 0 Å². The van der Waals surface area contributed by atoms with Crippen LogP contribution in [0.15, 0.2) is 0 Å². The summed E-state index contributed by atoms with van der Waals surface area (Å²) in [6.07, 6.45) is 2.79. The van der Waals surface area contributed by atoms with Gasteiger partial charge in [-0.05, 0) is 32.6 Å². The fraction of sp³-hybridized carbons (Fsp3) is 0.909. The van der Waals surface area contributed by atoms with Crippen LogP contribution in [0.2, 0.25) is 0 Å². The van der Waals surface area contributed by atoms with Gasteiger partial charge in [0.1, 0.15) is 5.78 Å². The average molecular weight is 186 g/mol. The van der Waals surface area contributed by atoms with Gasteiger partial charge in [-0.15, -0.1) is 0 Å². The quantitative estimate of drug-likeness (QED) is 0.692. The Kier molecular flexibility index (Phi) is 5.23. The Balaban J connectivity index is 3.49. The van der Waals surface area contributed by atoms with E-state index < -0.39 is 5.60 Å². The summed E-state index contributed by atoms with van der Waals surface area (Å²) in [5, 5.41) is 9.40. The molecule has 13 heavy (non-hydrogen) atoms. The number of hydrogen-bond donors (Lipinski definition) is 1. The fourth-order valence-corrected chi connectivity index (χ4v) is 1.28. The maximum Gasteiger partial charge on any atom is 0.133 e. The van der Waals surface area contributed by atoms with Crippen molar-refractivity contribution >= 4 is 5.78 Å². The summed E-state index contributed by atoms with van der Waals surface area (Å²) < 4.78 is 0. The normalized spacial score (nSPS) is 12.2. The Bertz CT molecular complexity index is 154. The van der Waals surface area contributed by atoms with Crippen molar-refractivity contribution in [2.24, 2.45) is 5.92 Å². The molecule has 1 N–H and O–H groups in total. The van der Waals surface area contributed by atoms with Crippen LogP contribution < -0.4 is 0 Å². The third-order valence-electron chi connectivity index (χ3n) is 1.88. The highest BCUT2D eigenvalue weighted by Crippen LogP contribution is 2.13. The van der Waals surface area contributed by atoms with Gasteiger partial charge in [-0.1, -0.05) is 13.8 Å². The van der Waals surface area contributed by atoms with Crippen LogP contribution in [-0.4, -0.2) is 16.5 Å². The SMILES string of the molecule is CC(C)CC(=O)CCCC(C)(C)O. The first-order chi connectivity index (χ1) is 5.81. The number of aliphatic hydroxyl groups is 1. The molecule has 2 nitrogen and oxygen atoms in total. The molecule has 0 saturated heterocycles. The molecule has 0 aliphatic carbocycles. The Morgan fingerprint density at radius 2 is 1.92 bits per heavy atom. The summed E-state index contributed by atoms with van der Waals surface area (Å²) >= 11 is 0. The van der Waals surface area contributed by atoms with Crippen LogP contribution in [0.5, 0.6) is 0 Å². The van der Waals surface area contributed by atoms with Gasteiger partial charge in [-0.2, -0.15) is 0 Å². The van der Waals surface area contributed by atoms with Crippen molar-refractivity contribution in [2.45, 2.75) is 59.0 Å². The molecule has 0 spiro atoms. The van der Waals surface area contributed by atoms with E-state index in [4.69, 9.17) is 0 Å². The molecule has 0 radical (unpaired) electrons. The lowest BCUT2D eigenvalue weighted by atomic mass is 9.98. The van der Waals surface area contributed by atoms with E-state index in [0.29, 0.717) is 31.0 Å². The molecular formula is C11H22O2. The summed E-state index contributed by atoms with van der Waals surface area (Å²) in [5.41, 5.74) is -0.627. The second kappa shape index (κ2) is 5.38. The molecule has 0 bridgehead atoms. The third kappa shape index (κ3) is 9.54. The molecule has 0 heterocycles. The number of Topliss-reactive ketones (excluding diaryl/α,β-unsaturated/α-hetero) is 1. The second-order valence-electron chi connectivity index (χ2n) is 4.80. The van der Waals surface area contributed by atoms with E-state index in [1.807, 2.05) is 13.8 Å². The van der Waals surface area contributed by atoms with E-state index >= 15 is 0 Å². The zero-order chi connectivity index (χ0) is 10.5. The van der Waals surface area contributed by atoms with Crippen LogP contribution in [0.25, 0.3) is 0 Å². The molecule has 0 aliphatic heterocycles. The van der Waals surface area contributed by atoms with E-state index in [-0.39, 0.29) is 0 Å². The first kappa shape index (κ1) is 12.6. The Hall–Kier alpha value is -0.370. The lowest BCUT2D eigenvalue weighted by Gasteiger charge is -2.16. The summed E-state index contributed by atoms with van der Waals surface area (Å²) in [7, 11) is 0. The van der Waals surface area contributed by atoms with E-state index in [0.717, 1.165) is 6.42 Å². The number of carbonyl (C=O) groups is 1. The molecule has 0 aromatic rings. The van der Waals surface area contributed by atoms with Gasteiger partial charge in [-0.3, -0.25) is 4.79 Å². The lowest BCUT2D eigenvalue weighted by Crippen LogP contribution is -2.18. The van der Waals surface area contributed by atoms with E-state index in [1.165, 1.54) is 0 Å². The van der Waals surface area contributed by atoms with Gasteiger partial charge < -0.3 is 5.11 Å². The molecule has 0 atom stereocenters. The van der Waals surface area contributed by atoms with Gasteiger partial charge >= 0.3 is 0 Å². The molecule has 0 aromatic heterocycles. The number of rotatable bonds is 6. The van der Waals surface area contributed by atoms with Crippen molar-refractivity contribution in [3.8, 4) is 0 Å². The molecule has 0 aliphatic rings. The van der Waals surface area contributed by atoms with Gasteiger partial charge in [0.2, 0.25) is 0 Å². The molecule has 0 amide bonds. The minimum atomic E-state index is -0.627. The van der Waals surface area contributed by atoms with Crippen molar-refractivity contribution in [2.75, 3.05) is 0 Å². The van der Waals surface area contributed by atoms with Crippen LogP contribution >= 0.6 is 0 Å². The molecule has 0 aromatic carbocycles. The summed E-state index contributed by atoms with van der Waals surface area (Å²) in [4.78, 5) is 11.3. The zero-order valence-electron chi connectivity index (χ0n) is 9.26. The number of carbonyl (C=O) groups excluding carboxylic acids is 1. The molecule has 0 unspecified atom stereocenters. The Morgan fingerprint density at radius 3 is 2.31 bits per heavy atom. The fourth-order valence-electron chi connectivity index (χ4n) is 1.28. The minimum Gasteiger partial charge on any atom is -0.390 e. The van der Waals surface area contributed by atoms with Crippen LogP contribution in [0.4, 0.5) is 0 Å². The van der Waals surface area contributed by atoms with Crippen LogP contribution in [0.3, 0.4) is 0 Å². The highest BCUT2D eigenvalue weighted by molar-refractivity contribution is 5.78. The monoisotopic (exact) mass is 186 g/mol. The first-order valence-electron chi connectivity index (χ1n) is 5.05. The topological polar surface area (TPSA) is 37.3 Å². The highest BCUT2D eigenvalue weighted by Gasteiger charge is 2.13. The number of ketones is 1. The van der Waals surface area contributed by atoms with E-state index in [9.17, 15) is 9.90 Å². The molecule has 2 heteroatoms.